The second-order valence-electron chi connectivity index (χ2n) is 13.6. The lowest BCUT2D eigenvalue weighted by molar-refractivity contribution is -0.129. The van der Waals surface area contributed by atoms with Gasteiger partial charge in [0.05, 0.1) is 12.1 Å². The number of carboxylic acid groups (broad SMARTS) is 1. The third-order valence-electron chi connectivity index (χ3n) is 7.98. The van der Waals surface area contributed by atoms with Crippen LogP contribution in [0.3, 0.4) is 0 Å². The van der Waals surface area contributed by atoms with E-state index < -0.39 is 29.2 Å². The summed E-state index contributed by atoms with van der Waals surface area (Å²) in [5.74, 6) is 0.238. The molecular weight excluding hydrogens is 506 g/mol. The number of ether oxygens (including phenoxy) is 1. The van der Waals surface area contributed by atoms with Crippen molar-refractivity contribution in [3.63, 3.8) is 0 Å². The smallest absolute Gasteiger partial charge is 0.408 e. The molecule has 2 amide bonds. The van der Waals surface area contributed by atoms with E-state index in [0.717, 1.165) is 18.4 Å². The van der Waals surface area contributed by atoms with Crippen molar-refractivity contribution in [3.05, 3.63) is 35.5 Å². The van der Waals surface area contributed by atoms with Gasteiger partial charge in [-0.2, -0.15) is 0 Å². The lowest BCUT2D eigenvalue weighted by atomic mass is 9.75. The van der Waals surface area contributed by atoms with E-state index in [1.165, 1.54) is 21.4 Å². The average Bonchev–Trinajstić information content (AvgIpc) is 3.24. The van der Waals surface area contributed by atoms with E-state index in [9.17, 15) is 19.8 Å². The summed E-state index contributed by atoms with van der Waals surface area (Å²) < 4.78 is 5.24. The van der Waals surface area contributed by atoms with Crippen LogP contribution in [0.4, 0.5) is 4.79 Å². The average molecular weight is 560 g/mol. The van der Waals surface area contributed by atoms with Crippen molar-refractivity contribution in [2.24, 2.45) is 17.3 Å². The number of aromatic amines is 1. The zero-order valence-electron chi connectivity index (χ0n) is 26.3. The van der Waals surface area contributed by atoms with Crippen LogP contribution in [0.2, 0.25) is 0 Å². The Labute approximate surface area is 240 Å². The third kappa shape index (κ3) is 8.71. The first-order valence-corrected chi connectivity index (χ1v) is 14.6. The molecule has 40 heavy (non-hydrogen) atoms. The number of H-pyrrole nitrogens is 1. The maximum absolute atomic E-state index is 12.6. The molecule has 4 N–H and O–H groups in total. The van der Waals surface area contributed by atoms with E-state index in [1.807, 2.05) is 41.5 Å². The molecule has 0 saturated carbocycles. The number of rotatable bonds is 13. The molecule has 226 valence electrons. The van der Waals surface area contributed by atoms with Crippen LogP contribution in [0.25, 0.3) is 10.9 Å². The van der Waals surface area contributed by atoms with Crippen molar-refractivity contribution in [1.29, 1.82) is 0 Å². The van der Waals surface area contributed by atoms with Crippen LogP contribution in [0.5, 0.6) is 0 Å². The van der Waals surface area contributed by atoms with Crippen molar-refractivity contribution in [2.45, 2.75) is 105 Å². The van der Waals surface area contributed by atoms with Crippen molar-refractivity contribution in [1.82, 2.24) is 15.2 Å². The monoisotopic (exact) mass is 559 g/mol. The highest BCUT2D eigenvalue weighted by atomic mass is 16.5. The minimum atomic E-state index is -1.08. The van der Waals surface area contributed by atoms with Gasteiger partial charge in [0.15, 0.2) is 0 Å². The molecule has 8 heteroatoms. The van der Waals surface area contributed by atoms with E-state index in [2.05, 4.69) is 55.5 Å². The molecule has 4 atom stereocenters. The van der Waals surface area contributed by atoms with Crippen LogP contribution in [-0.4, -0.2) is 70.0 Å². The number of nitrogens with one attached hydrogen (secondary N) is 2. The molecule has 0 aliphatic rings. The molecule has 2 aromatic rings. The zero-order valence-corrected chi connectivity index (χ0v) is 26.3. The molecule has 1 heterocycles. The summed E-state index contributed by atoms with van der Waals surface area (Å²) in [6, 6.07) is 5.81. The molecule has 8 nitrogen and oxygen atoms in total. The van der Waals surface area contributed by atoms with Crippen LogP contribution < -0.4 is 5.32 Å². The van der Waals surface area contributed by atoms with E-state index in [-0.39, 0.29) is 30.2 Å². The number of fused-ring (bicyclic) bond motifs is 1. The number of aliphatic hydroxyl groups excluding tert-OH is 1. The Morgan fingerprint density at radius 3 is 2.27 bits per heavy atom. The summed E-state index contributed by atoms with van der Waals surface area (Å²) in [4.78, 5) is 29.9. The molecule has 2 rings (SSSR count). The SMILES string of the molecule is COCCCc1c[nH]c2ccc(C(C)C(CC(C(O)CNC(=O)C(C)(C)C)N(C(=O)O)C(C)(C)C)C(C)C)cc12. The highest BCUT2D eigenvalue weighted by Gasteiger charge is 2.40. The Bertz CT molecular complexity index is 1110. The predicted molar refractivity (Wildman–Crippen MR) is 162 cm³/mol. The Balaban J connectivity index is 2.42. The minimum absolute atomic E-state index is 0.0139. The van der Waals surface area contributed by atoms with Crippen LogP contribution in [0, 0.1) is 17.3 Å². The largest absolute Gasteiger partial charge is 0.465 e. The Morgan fingerprint density at radius 1 is 1.10 bits per heavy atom. The number of benzene rings is 1. The van der Waals surface area contributed by atoms with Gasteiger partial charge >= 0.3 is 6.09 Å². The highest BCUT2D eigenvalue weighted by Crippen LogP contribution is 2.38. The summed E-state index contributed by atoms with van der Waals surface area (Å²) in [5.41, 5.74) is 2.19. The summed E-state index contributed by atoms with van der Waals surface area (Å²) in [5, 5.41) is 25.7. The van der Waals surface area contributed by atoms with Crippen LogP contribution >= 0.6 is 0 Å². The first-order chi connectivity index (χ1) is 18.5. The fourth-order valence-corrected chi connectivity index (χ4v) is 5.63. The maximum atomic E-state index is 12.6. The van der Waals surface area contributed by atoms with Gasteiger partial charge in [-0.15, -0.1) is 0 Å². The molecule has 1 aromatic carbocycles. The number of methoxy groups -OCH3 is 1. The lowest BCUT2D eigenvalue weighted by Crippen LogP contribution is -2.58. The molecule has 0 saturated heterocycles. The topological polar surface area (TPSA) is 115 Å². The second-order valence-corrected chi connectivity index (χ2v) is 13.6. The van der Waals surface area contributed by atoms with Crippen molar-refractivity contribution >= 4 is 22.9 Å². The first kappa shape index (κ1) is 33.6. The van der Waals surface area contributed by atoms with Crippen molar-refractivity contribution in [3.8, 4) is 0 Å². The fraction of sp³-hybridized carbons (Fsp3) is 0.688. The van der Waals surface area contributed by atoms with Crippen molar-refractivity contribution < 1.29 is 24.5 Å². The quantitative estimate of drug-likeness (QED) is 0.219. The Morgan fingerprint density at radius 2 is 1.75 bits per heavy atom. The molecule has 0 spiro atoms. The summed E-state index contributed by atoms with van der Waals surface area (Å²) in [6.45, 7) is 18.2. The molecular formula is C32H53N3O5. The Kier molecular flexibility index (Phi) is 11.6. The van der Waals surface area contributed by atoms with Gasteiger partial charge in [0.1, 0.15) is 0 Å². The van der Waals surface area contributed by atoms with Gasteiger partial charge in [0.2, 0.25) is 5.91 Å². The predicted octanol–water partition coefficient (Wildman–Crippen LogP) is 6.18. The molecule has 1 aromatic heterocycles. The number of amides is 2. The number of hydrogen-bond donors (Lipinski definition) is 4. The number of carbonyl (C=O) groups is 2. The Hall–Kier alpha value is -2.58. The van der Waals surface area contributed by atoms with Crippen LogP contribution in [-0.2, 0) is 16.0 Å². The highest BCUT2D eigenvalue weighted by molar-refractivity contribution is 5.84. The van der Waals surface area contributed by atoms with Gasteiger partial charge in [-0.3, -0.25) is 9.69 Å². The zero-order chi connectivity index (χ0) is 30.4. The number of nitrogens with zero attached hydrogens (tertiary/aromatic N) is 1. The maximum Gasteiger partial charge on any atom is 0.408 e. The standard InChI is InChI=1S/C32H53N3O5/c1-20(2)24(21(3)22-13-14-26-25(16-22)23(18-33-26)12-11-15-40-10)17-27(35(30(38)39)32(7,8)9)28(36)19-34-29(37)31(4,5)6/h13-14,16,18,20-21,24,27-28,33,36H,11-12,15,17,19H2,1-10H3,(H,34,37)(H,38,39). The van der Waals surface area contributed by atoms with Gasteiger partial charge in [0.25, 0.3) is 0 Å². The number of aryl methyl sites for hydroxylation is 1. The number of aliphatic hydroxyl groups is 1. The second kappa shape index (κ2) is 13.9. The van der Waals surface area contributed by atoms with E-state index in [1.54, 1.807) is 7.11 Å². The normalized spacial score (nSPS) is 15.6. The minimum Gasteiger partial charge on any atom is -0.465 e. The summed E-state index contributed by atoms with van der Waals surface area (Å²) in [7, 11) is 1.72. The number of carbonyl (C=O) groups excluding carboxylic acids is 1. The first-order valence-electron chi connectivity index (χ1n) is 14.6. The van der Waals surface area contributed by atoms with E-state index in [4.69, 9.17) is 4.74 Å². The van der Waals surface area contributed by atoms with Crippen LogP contribution in [0.15, 0.2) is 24.4 Å². The molecule has 0 radical (unpaired) electrons. The van der Waals surface area contributed by atoms with Gasteiger partial charge in [-0.1, -0.05) is 47.6 Å². The number of aromatic nitrogens is 1. The molecule has 4 unspecified atom stereocenters. The molecule has 0 bridgehead atoms. The summed E-state index contributed by atoms with van der Waals surface area (Å²) in [6.07, 6.45) is 2.26. The van der Waals surface area contributed by atoms with Crippen molar-refractivity contribution in [2.75, 3.05) is 20.3 Å². The molecule has 0 aliphatic carbocycles. The van der Waals surface area contributed by atoms with E-state index >= 15 is 0 Å². The fourth-order valence-electron chi connectivity index (χ4n) is 5.63. The van der Waals surface area contributed by atoms with E-state index in [0.29, 0.717) is 13.0 Å². The van der Waals surface area contributed by atoms with Gasteiger partial charge in [0, 0.05) is 48.3 Å². The van der Waals surface area contributed by atoms with Gasteiger partial charge < -0.3 is 25.3 Å². The number of hydrogen-bond acceptors (Lipinski definition) is 4. The molecule has 0 aliphatic heterocycles. The van der Waals surface area contributed by atoms with Gasteiger partial charge in [-0.25, -0.2) is 4.79 Å². The summed E-state index contributed by atoms with van der Waals surface area (Å²) >= 11 is 0. The molecule has 0 fully saturated rings. The van der Waals surface area contributed by atoms with Gasteiger partial charge in [-0.05, 0) is 81.0 Å². The van der Waals surface area contributed by atoms with Crippen LogP contribution in [0.1, 0.15) is 92.2 Å². The third-order valence-corrected chi connectivity index (χ3v) is 7.98. The lowest BCUT2D eigenvalue weighted by Gasteiger charge is -2.44.